The van der Waals surface area contributed by atoms with Crippen LogP contribution in [0.5, 0.6) is 11.5 Å². The quantitative estimate of drug-likeness (QED) is 0.301. The number of nitrogens with zero attached hydrogens (tertiary/aromatic N) is 1. The zero-order chi connectivity index (χ0) is 22.1. The first-order valence-corrected chi connectivity index (χ1v) is 10.1. The Labute approximate surface area is 188 Å². The molecule has 3 aromatic rings. The second-order valence-corrected chi connectivity index (χ2v) is 7.26. The third kappa shape index (κ3) is 6.68. The van der Waals surface area contributed by atoms with Crippen LogP contribution in [0.2, 0.25) is 0 Å². The minimum Gasteiger partial charge on any atom is -0.493 e. The summed E-state index contributed by atoms with van der Waals surface area (Å²) in [6.45, 7) is 0.411. The maximum Gasteiger partial charge on any atom is 0.329 e. The topological polar surface area (TPSA) is 89.0 Å². The summed E-state index contributed by atoms with van der Waals surface area (Å²) in [6, 6.07) is 21.9. The summed E-state index contributed by atoms with van der Waals surface area (Å²) < 4.78 is 12.1. The van der Waals surface area contributed by atoms with Crippen molar-refractivity contribution in [2.75, 3.05) is 12.4 Å². The molecule has 0 spiro atoms. The molecule has 31 heavy (non-hydrogen) atoms. The van der Waals surface area contributed by atoms with Crippen molar-refractivity contribution in [2.45, 2.75) is 6.61 Å². The number of carbonyl (C=O) groups excluding carboxylic acids is 2. The number of hydrogen-bond acceptors (Lipinski definition) is 5. The molecule has 0 aliphatic heterocycles. The van der Waals surface area contributed by atoms with Crippen LogP contribution in [0.25, 0.3) is 0 Å². The van der Waals surface area contributed by atoms with E-state index in [4.69, 9.17) is 9.47 Å². The lowest BCUT2D eigenvalue weighted by molar-refractivity contribution is -0.136. The predicted molar refractivity (Wildman–Crippen MR) is 122 cm³/mol. The van der Waals surface area contributed by atoms with Gasteiger partial charge in [0.1, 0.15) is 6.61 Å². The maximum atomic E-state index is 11.9. The average molecular weight is 482 g/mol. The number of hydrogen-bond donors (Lipinski definition) is 2. The molecule has 0 unspecified atom stereocenters. The highest BCUT2D eigenvalue weighted by Crippen LogP contribution is 2.28. The van der Waals surface area contributed by atoms with Gasteiger partial charge in [0.05, 0.1) is 13.3 Å². The van der Waals surface area contributed by atoms with Gasteiger partial charge in [0, 0.05) is 10.2 Å². The van der Waals surface area contributed by atoms with Crippen LogP contribution >= 0.6 is 15.9 Å². The van der Waals surface area contributed by atoms with E-state index in [0.717, 1.165) is 10.0 Å². The van der Waals surface area contributed by atoms with Crippen molar-refractivity contribution in [1.82, 2.24) is 5.43 Å². The number of halogens is 1. The van der Waals surface area contributed by atoms with Crippen molar-refractivity contribution in [3.8, 4) is 11.5 Å². The second-order valence-electron chi connectivity index (χ2n) is 6.34. The van der Waals surface area contributed by atoms with Crippen LogP contribution in [-0.2, 0) is 16.2 Å². The van der Waals surface area contributed by atoms with Gasteiger partial charge in [-0.05, 0) is 53.6 Å². The van der Waals surface area contributed by atoms with E-state index in [1.54, 1.807) is 49.6 Å². The Morgan fingerprint density at radius 2 is 1.71 bits per heavy atom. The molecule has 7 nitrogen and oxygen atoms in total. The Bertz CT molecular complexity index is 1070. The van der Waals surface area contributed by atoms with Gasteiger partial charge in [0.2, 0.25) is 0 Å². The Kier molecular flexibility index (Phi) is 7.78. The first kappa shape index (κ1) is 22.0. The van der Waals surface area contributed by atoms with Gasteiger partial charge in [-0.15, -0.1) is 0 Å². The molecule has 0 aromatic heterocycles. The Morgan fingerprint density at radius 3 is 2.42 bits per heavy atom. The summed E-state index contributed by atoms with van der Waals surface area (Å²) >= 11 is 3.30. The summed E-state index contributed by atoms with van der Waals surface area (Å²) in [4.78, 5) is 23.8. The molecule has 0 atom stereocenters. The molecular weight excluding hydrogens is 462 g/mol. The summed E-state index contributed by atoms with van der Waals surface area (Å²) in [5.74, 6) is -0.587. The molecule has 0 saturated heterocycles. The first-order valence-electron chi connectivity index (χ1n) is 9.30. The zero-order valence-corrected chi connectivity index (χ0v) is 18.3. The second kappa shape index (κ2) is 10.9. The monoisotopic (exact) mass is 481 g/mol. The van der Waals surface area contributed by atoms with Crippen molar-refractivity contribution in [1.29, 1.82) is 0 Å². The standard InChI is InChI=1S/C23H20BrN3O4/c1-30-21-13-17(7-12-20(21)31-15-16-5-3-2-4-6-16)14-25-27-23(29)22(28)26-19-10-8-18(24)9-11-19/h2-14H,15H2,1H3,(H,26,28)(H,27,29)/b25-14+. The summed E-state index contributed by atoms with van der Waals surface area (Å²) in [5, 5.41) is 6.32. The van der Waals surface area contributed by atoms with Gasteiger partial charge >= 0.3 is 11.8 Å². The smallest absolute Gasteiger partial charge is 0.329 e. The Morgan fingerprint density at radius 1 is 0.968 bits per heavy atom. The van der Waals surface area contributed by atoms with Crippen molar-refractivity contribution in [3.05, 3.63) is 88.4 Å². The van der Waals surface area contributed by atoms with Crippen molar-refractivity contribution < 1.29 is 19.1 Å². The van der Waals surface area contributed by atoms with Crippen molar-refractivity contribution in [3.63, 3.8) is 0 Å². The van der Waals surface area contributed by atoms with E-state index in [1.807, 2.05) is 30.3 Å². The average Bonchev–Trinajstić information content (AvgIpc) is 2.80. The molecule has 0 aliphatic carbocycles. The van der Waals surface area contributed by atoms with Gasteiger partial charge in [0.25, 0.3) is 0 Å². The van der Waals surface area contributed by atoms with Gasteiger partial charge < -0.3 is 14.8 Å². The van der Waals surface area contributed by atoms with E-state index in [1.165, 1.54) is 6.21 Å². The van der Waals surface area contributed by atoms with Crippen LogP contribution in [0.15, 0.2) is 82.4 Å². The van der Waals surface area contributed by atoms with Gasteiger partial charge in [0.15, 0.2) is 11.5 Å². The van der Waals surface area contributed by atoms with Crippen LogP contribution in [0, 0.1) is 0 Å². The predicted octanol–water partition coefficient (Wildman–Crippen LogP) is 4.13. The molecule has 8 heteroatoms. The number of amides is 2. The zero-order valence-electron chi connectivity index (χ0n) is 16.7. The van der Waals surface area contributed by atoms with E-state index < -0.39 is 11.8 Å². The maximum absolute atomic E-state index is 11.9. The fourth-order valence-electron chi connectivity index (χ4n) is 2.56. The number of anilines is 1. The number of hydrazone groups is 1. The van der Waals surface area contributed by atoms with Crippen LogP contribution in [0.1, 0.15) is 11.1 Å². The van der Waals surface area contributed by atoms with Crippen LogP contribution in [0.3, 0.4) is 0 Å². The molecule has 0 aliphatic rings. The van der Waals surface area contributed by atoms with Gasteiger partial charge in [-0.2, -0.15) is 5.10 Å². The lowest BCUT2D eigenvalue weighted by Gasteiger charge is -2.11. The Balaban J connectivity index is 1.55. The highest BCUT2D eigenvalue weighted by Gasteiger charge is 2.13. The number of ether oxygens (including phenoxy) is 2. The minimum atomic E-state index is -0.881. The largest absolute Gasteiger partial charge is 0.493 e. The fourth-order valence-corrected chi connectivity index (χ4v) is 2.82. The molecule has 0 saturated carbocycles. The molecule has 158 valence electrons. The summed E-state index contributed by atoms with van der Waals surface area (Å²) in [5.41, 5.74) is 4.41. The highest BCUT2D eigenvalue weighted by molar-refractivity contribution is 9.10. The summed E-state index contributed by atoms with van der Waals surface area (Å²) in [6.07, 6.45) is 1.41. The number of carbonyl (C=O) groups is 2. The summed E-state index contributed by atoms with van der Waals surface area (Å²) in [7, 11) is 1.54. The fraction of sp³-hybridized carbons (Fsp3) is 0.0870. The Hall–Kier alpha value is -3.65. The molecule has 0 fully saturated rings. The first-order chi connectivity index (χ1) is 15.0. The van der Waals surface area contributed by atoms with E-state index in [9.17, 15) is 9.59 Å². The van der Waals surface area contributed by atoms with Gasteiger partial charge in [-0.25, -0.2) is 5.43 Å². The van der Waals surface area contributed by atoms with E-state index in [-0.39, 0.29) is 0 Å². The number of nitrogens with one attached hydrogen (secondary N) is 2. The van der Waals surface area contributed by atoms with E-state index >= 15 is 0 Å². The van der Waals surface area contributed by atoms with Gasteiger partial charge in [-0.3, -0.25) is 9.59 Å². The third-order valence-electron chi connectivity index (χ3n) is 4.11. The van der Waals surface area contributed by atoms with Crippen LogP contribution < -0.4 is 20.2 Å². The highest BCUT2D eigenvalue weighted by atomic mass is 79.9. The number of methoxy groups -OCH3 is 1. The molecule has 3 rings (SSSR count). The number of benzene rings is 3. The molecule has 3 aromatic carbocycles. The van der Waals surface area contributed by atoms with Crippen LogP contribution in [-0.4, -0.2) is 25.1 Å². The van der Waals surface area contributed by atoms with E-state index in [2.05, 4.69) is 31.8 Å². The van der Waals surface area contributed by atoms with E-state index in [0.29, 0.717) is 29.4 Å². The van der Waals surface area contributed by atoms with Crippen molar-refractivity contribution in [2.24, 2.45) is 5.10 Å². The van der Waals surface area contributed by atoms with Crippen LogP contribution in [0.4, 0.5) is 5.69 Å². The lowest BCUT2D eigenvalue weighted by atomic mass is 10.2. The molecule has 0 radical (unpaired) electrons. The molecule has 2 amide bonds. The number of rotatable bonds is 7. The molecule has 2 N–H and O–H groups in total. The SMILES string of the molecule is COc1cc(/C=N/NC(=O)C(=O)Nc2ccc(Br)cc2)ccc1OCc1ccccc1. The third-order valence-corrected chi connectivity index (χ3v) is 4.64. The van der Waals surface area contributed by atoms with Gasteiger partial charge in [-0.1, -0.05) is 46.3 Å². The lowest BCUT2D eigenvalue weighted by Crippen LogP contribution is -2.32. The normalized spacial score (nSPS) is 10.5. The molecule has 0 bridgehead atoms. The molecular formula is C23H20BrN3O4. The van der Waals surface area contributed by atoms with Crippen molar-refractivity contribution >= 4 is 39.6 Å². The molecule has 0 heterocycles. The minimum absolute atomic E-state index is 0.411.